The highest BCUT2D eigenvalue weighted by molar-refractivity contribution is 5.58. The van der Waals surface area contributed by atoms with Crippen molar-refractivity contribution in [2.75, 3.05) is 30.4 Å². The highest BCUT2D eigenvalue weighted by atomic mass is 16.5. The maximum atomic E-state index is 5.16. The lowest BCUT2D eigenvalue weighted by atomic mass is 10.2. The summed E-state index contributed by atoms with van der Waals surface area (Å²) < 4.78 is 5.16. The Morgan fingerprint density at radius 3 is 2.38 bits per heavy atom. The Kier molecular flexibility index (Phi) is 4.92. The summed E-state index contributed by atoms with van der Waals surface area (Å²) in [7, 11) is 1.55. The Morgan fingerprint density at radius 2 is 1.81 bits per heavy atom. The van der Waals surface area contributed by atoms with Crippen LogP contribution in [-0.4, -0.2) is 35.2 Å². The van der Waals surface area contributed by atoms with E-state index in [1.165, 1.54) is 5.56 Å². The van der Waals surface area contributed by atoms with Crippen molar-refractivity contribution >= 4 is 17.6 Å². The van der Waals surface area contributed by atoms with Crippen LogP contribution >= 0.6 is 0 Å². The van der Waals surface area contributed by atoms with Crippen molar-refractivity contribution in [3.8, 4) is 6.01 Å². The van der Waals surface area contributed by atoms with Crippen LogP contribution in [0.3, 0.4) is 0 Å². The molecule has 0 radical (unpaired) electrons. The van der Waals surface area contributed by atoms with Crippen LogP contribution in [0.5, 0.6) is 6.01 Å². The molecule has 0 bridgehead atoms. The molecule has 1 aromatic heterocycles. The van der Waals surface area contributed by atoms with E-state index in [1.807, 2.05) is 11.8 Å². The molecule has 0 saturated heterocycles. The van der Waals surface area contributed by atoms with E-state index in [-0.39, 0.29) is 0 Å². The molecule has 0 aliphatic rings. The van der Waals surface area contributed by atoms with Gasteiger partial charge >= 0.3 is 6.01 Å². The van der Waals surface area contributed by atoms with Crippen LogP contribution in [0.25, 0.3) is 0 Å². The number of methoxy groups -OCH3 is 1. The Hall–Kier alpha value is -2.37. The van der Waals surface area contributed by atoms with E-state index in [0.29, 0.717) is 17.9 Å². The third-order valence-corrected chi connectivity index (χ3v) is 3.02. The van der Waals surface area contributed by atoms with E-state index < -0.39 is 0 Å². The summed E-state index contributed by atoms with van der Waals surface area (Å²) in [5, 5.41) is 3.09. The lowest BCUT2D eigenvalue weighted by Gasteiger charge is -2.21. The van der Waals surface area contributed by atoms with Crippen molar-refractivity contribution < 1.29 is 4.74 Å². The molecule has 0 aliphatic heterocycles. The van der Waals surface area contributed by atoms with Crippen molar-refractivity contribution in [3.63, 3.8) is 0 Å². The predicted octanol–water partition coefficient (Wildman–Crippen LogP) is 2.78. The number of aryl methyl sites for hydroxylation is 1. The van der Waals surface area contributed by atoms with Crippen molar-refractivity contribution in [2.45, 2.75) is 20.8 Å². The summed E-state index contributed by atoms with van der Waals surface area (Å²) in [6.45, 7) is 7.61. The van der Waals surface area contributed by atoms with Gasteiger partial charge in [0.05, 0.1) is 7.11 Å². The summed E-state index contributed by atoms with van der Waals surface area (Å²) in [6, 6.07) is 8.56. The van der Waals surface area contributed by atoms with Crippen LogP contribution in [-0.2, 0) is 0 Å². The minimum atomic E-state index is 0.307. The Morgan fingerprint density at radius 1 is 1.10 bits per heavy atom. The van der Waals surface area contributed by atoms with Crippen LogP contribution in [0.15, 0.2) is 24.3 Å². The van der Waals surface area contributed by atoms with Gasteiger partial charge in [0.2, 0.25) is 11.9 Å². The molecule has 2 rings (SSSR count). The van der Waals surface area contributed by atoms with E-state index >= 15 is 0 Å². The quantitative estimate of drug-likeness (QED) is 0.881. The van der Waals surface area contributed by atoms with Crippen molar-refractivity contribution in [3.05, 3.63) is 29.8 Å². The number of aromatic nitrogens is 3. The molecule has 112 valence electrons. The molecule has 1 heterocycles. The summed E-state index contributed by atoms with van der Waals surface area (Å²) in [4.78, 5) is 15.0. The number of nitrogens with one attached hydrogen (secondary N) is 1. The van der Waals surface area contributed by atoms with Crippen molar-refractivity contribution in [1.29, 1.82) is 0 Å². The maximum Gasteiger partial charge on any atom is 0.322 e. The van der Waals surface area contributed by atoms with Crippen LogP contribution < -0.4 is 15.0 Å². The molecule has 0 amide bonds. The number of hydrogen-bond donors (Lipinski definition) is 1. The number of benzene rings is 1. The van der Waals surface area contributed by atoms with Crippen LogP contribution in [0.1, 0.15) is 19.4 Å². The number of hydrogen-bond acceptors (Lipinski definition) is 6. The van der Waals surface area contributed by atoms with Gasteiger partial charge in [-0.05, 0) is 32.9 Å². The smallest absolute Gasteiger partial charge is 0.322 e. The first-order valence-corrected chi connectivity index (χ1v) is 7.06. The van der Waals surface area contributed by atoms with Gasteiger partial charge in [0.1, 0.15) is 0 Å². The van der Waals surface area contributed by atoms with Gasteiger partial charge in [-0.2, -0.15) is 15.0 Å². The van der Waals surface area contributed by atoms with Gasteiger partial charge in [-0.15, -0.1) is 0 Å². The first-order valence-electron chi connectivity index (χ1n) is 7.06. The van der Waals surface area contributed by atoms with Gasteiger partial charge in [0.15, 0.2) is 0 Å². The Labute approximate surface area is 125 Å². The molecule has 0 unspecified atom stereocenters. The zero-order valence-corrected chi connectivity index (χ0v) is 12.9. The van der Waals surface area contributed by atoms with Gasteiger partial charge in [-0.1, -0.05) is 17.7 Å². The summed E-state index contributed by atoms with van der Waals surface area (Å²) in [6.07, 6.45) is 0. The van der Waals surface area contributed by atoms with Gasteiger partial charge in [-0.3, -0.25) is 0 Å². The average Bonchev–Trinajstić information content (AvgIpc) is 2.50. The van der Waals surface area contributed by atoms with E-state index in [0.717, 1.165) is 18.8 Å². The number of nitrogens with zero attached hydrogens (tertiary/aromatic N) is 4. The first kappa shape index (κ1) is 15.0. The van der Waals surface area contributed by atoms with Gasteiger partial charge in [-0.25, -0.2) is 0 Å². The van der Waals surface area contributed by atoms with Gasteiger partial charge in [0, 0.05) is 18.8 Å². The molecule has 2 aromatic rings. The van der Waals surface area contributed by atoms with Crippen LogP contribution in [0, 0.1) is 6.92 Å². The molecule has 0 saturated carbocycles. The second-order valence-electron chi connectivity index (χ2n) is 4.56. The molecule has 0 spiro atoms. The summed E-state index contributed by atoms with van der Waals surface area (Å²) in [5.74, 6) is 1.09. The minimum absolute atomic E-state index is 0.307. The fraction of sp³-hybridized carbons (Fsp3) is 0.400. The fourth-order valence-electron chi connectivity index (χ4n) is 1.96. The molecular formula is C15H21N5O. The zero-order chi connectivity index (χ0) is 15.2. The maximum absolute atomic E-state index is 5.16. The van der Waals surface area contributed by atoms with E-state index in [9.17, 15) is 0 Å². The highest BCUT2D eigenvalue weighted by Crippen LogP contribution is 2.24. The fourth-order valence-corrected chi connectivity index (χ4v) is 1.96. The summed E-state index contributed by atoms with van der Waals surface area (Å²) >= 11 is 0. The molecule has 0 fully saturated rings. The number of anilines is 3. The number of rotatable bonds is 6. The standard InChI is InChI=1S/C15H21N5O/c1-5-16-13-17-14(19-15(18-13)21-4)20(6-2)12-9-7-11(3)8-10-12/h7-10H,5-6H2,1-4H3,(H,16,17,18,19). The predicted molar refractivity (Wildman–Crippen MR) is 84.4 cm³/mol. The normalized spacial score (nSPS) is 10.3. The molecule has 6 heteroatoms. The third kappa shape index (κ3) is 3.59. The Bertz CT molecular complexity index is 585. The SMILES string of the molecule is CCNc1nc(OC)nc(N(CC)c2ccc(C)cc2)n1. The zero-order valence-electron chi connectivity index (χ0n) is 12.9. The molecule has 0 atom stereocenters. The second-order valence-corrected chi connectivity index (χ2v) is 4.56. The molecule has 1 N–H and O–H groups in total. The summed E-state index contributed by atoms with van der Waals surface area (Å²) in [5.41, 5.74) is 2.26. The molecule has 21 heavy (non-hydrogen) atoms. The molecular weight excluding hydrogens is 266 g/mol. The number of ether oxygens (including phenoxy) is 1. The second kappa shape index (κ2) is 6.88. The average molecular weight is 287 g/mol. The van der Waals surface area contributed by atoms with Crippen LogP contribution in [0.4, 0.5) is 17.6 Å². The van der Waals surface area contributed by atoms with Gasteiger partial charge in [0.25, 0.3) is 0 Å². The van der Waals surface area contributed by atoms with E-state index in [1.54, 1.807) is 7.11 Å². The lowest BCUT2D eigenvalue weighted by Crippen LogP contribution is -2.20. The Balaban J connectivity index is 2.40. The van der Waals surface area contributed by atoms with Crippen LogP contribution in [0.2, 0.25) is 0 Å². The first-order chi connectivity index (χ1) is 10.2. The van der Waals surface area contributed by atoms with E-state index in [4.69, 9.17) is 4.74 Å². The molecule has 1 aromatic carbocycles. The molecule has 0 aliphatic carbocycles. The largest absolute Gasteiger partial charge is 0.467 e. The van der Waals surface area contributed by atoms with Crippen molar-refractivity contribution in [1.82, 2.24) is 15.0 Å². The minimum Gasteiger partial charge on any atom is -0.467 e. The third-order valence-electron chi connectivity index (χ3n) is 3.02. The van der Waals surface area contributed by atoms with Gasteiger partial charge < -0.3 is 15.0 Å². The van der Waals surface area contributed by atoms with Crippen molar-refractivity contribution in [2.24, 2.45) is 0 Å². The lowest BCUT2D eigenvalue weighted by molar-refractivity contribution is 0.379. The van der Waals surface area contributed by atoms with E-state index in [2.05, 4.69) is 58.4 Å². The topological polar surface area (TPSA) is 63.2 Å². The monoisotopic (exact) mass is 287 g/mol. The molecule has 6 nitrogen and oxygen atoms in total. The highest BCUT2D eigenvalue weighted by Gasteiger charge is 2.14.